The van der Waals surface area contributed by atoms with E-state index in [1.807, 2.05) is 13.0 Å². The minimum atomic E-state index is -0.357. The molecule has 2 aliphatic rings. The number of non-ortho nitro benzene ring substituents is 1. The van der Waals surface area contributed by atoms with E-state index in [1.54, 1.807) is 6.07 Å². The summed E-state index contributed by atoms with van der Waals surface area (Å²) in [5.74, 6) is 1.89. The fourth-order valence-corrected chi connectivity index (χ4v) is 3.17. The summed E-state index contributed by atoms with van der Waals surface area (Å²) in [6, 6.07) is 5.05. The van der Waals surface area contributed by atoms with Gasteiger partial charge in [-0.2, -0.15) is 0 Å². The summed E-state index contributed by atoms with van der Waals surface area (Å²) in [7, 11) is 0. The molecule has 1 aromatic rings. The first kappa shape index (κ1) is 13.2. The van der Waals surface area contributed by atoms with Crippen LogP contribution in [0, 0.1) is 22.0 Å². The Balaban J connectivity index is 1.86. The van der Waals surface area contributed by atoms with E-state index in [0.29, 0.717) is 24.2 Å². The number of hydrogen-bond donors (Lipinski definition) is 1. The first-order chi connectivity index (χ1) is 9.67. The van der Waals surface area contributed by atoms with Crippen LogP contribution in [-0.4, -0.2) is 37.7 Å². The monoisotopic (exact) mass is 277 g/mol. The maximum absolute atomic E-state index is 11.0. The maximum Gasteiger partial charge on any atom is 0.275 e. The van der Waals surface area contributed by atoms with E-state index in [0.717, 1.165) is 31.9 Å². The van der Waals surface area contributed by atoms with Crippen molar-refractivity contribution in [2.45, 2.75) is 6.92 Å². The van der Waals surface area contributed by atoms with Crippen LogP contribution in [0.3, 0.4) is 0 Å². The van der Waals surface area contributed by atoms with E-state index >= 15 is 0 Å². The zero-order valence-electron chi connectivity index (χ0n) is 11.5. The van der Waals surface area contributed by atoms with Crippen molar-refractivity contribution >= 4 is 11.4 Å². The number of nitrogens with zero attached hydrogens (tertiary/aromatic N) is 2. The molecule has 108 valence electrons. The Morgan fingerprint density at radius 3 is 2.65 bits per heavy atom. The Morgan fingerprint density at radius 2 is 2.05 bits per heavy atom. The minimum Gasteiger partial charge on any atom is -0.494 e. The van der Waals surface area contributed by atoms with Gasteiger partial charge in [0.15, 0.2) is 0 Å². The van der Waals surface area contributed by atoms with Gasteiger partial charge in [-0.25, -0.2) is 0 Å². The van der Waals surface area contributed by atoms with Crippen molar-refractivity contribution < 1.29 is 9.66 Å². The van der Waals surface area contributed by atoms with Gasteiger partial charge in [0.1, 0.15) is 5.75 Å². The Labute approximate surface area is 117 Å². The summed E-state index contributed by atoms with van der Waals surface area (Å²) in [5.41, 5.74) is 0.998. The summed E-state index contributed by atoms with van der Waals surface area (Å²) in [6.45, 7) is 6.41. The van der Waals surface area contributed by atoms with Crippen molar-refractivity contribution in [3.05, 3.63) is 28.3 Å². The SMILES string of the molecule is CCOc1cc(N2C[C@H]3CNC[C@H]3C2)cc([N+](=O)[O-])c1. The van der Waals surface area contributed by atoms with Crippen LogP contribution in [0.25, 0.3) is 0 Å². The minimum absolute atomic E-state index is 0.0983. The third-order valence-corrected chi connectivity index (χ3v) is 4.15. The van der Waals surface area contributed by atoms with Gasteiger partial charge < -0.3 is 15.0 Å². The highest BCUT2D eigenvalue weighted by molar-refractivity contribution is 5.58. The van der Waals surface area contributed by atoms with Crippen molar-refractivity contribution in [1.82, 2.24) is 5.32 Å². The first-order valence-corrected chi connectivity index (χ1v) is 7.05. The van der Waals surface area contributed by atoms with Crippen LogP contribution in [0.2, 0.25) is 0 Å². The molecular weight excluding hydrogens is 258 g/mol. The summed E-state index contributed by atoms with van der Waals surface area (Å²) >= 11 is 0. The lowest BCUT2D eigenvalue weighted by Crippen LogP contribution is -2.25. The third kappa shape index (κ3) is 2.43. The molecule has 0 spiro atoms. The normalized spacial score (nSPS) is 24.8. The standard InChI is InChI=1S/C14H19N3O3/c1-2-20-14-4-12(3-13(5-14)17(18)19)16-8-10-6-15-7-11(10)9-16/h3-5,10-11,15H,2,6-9H2,1H3/t10-,11+. The first-order valence-electron chi connectivity index (χ1n) is 7.05. The predicted octanol–water partition coefficient (Wildman–Crippen LogP) is 1.65. The zero-order valence-corrected chi connectivity index (χ0v) is 11.5. The highest BCUT2D eigenvalue weighted by Gasteiger charge is 2.36. The summed E-state index contributed by atoms with van der Waals surface area (Å²) in [6.07, 6.45) is 0. The fourth-order valence-electron chi connectivity index (χ4n) is 3.17. The molecule has 0 amide bonds. The molecule has 2 heterocycles. The highest BCUT2D eigenvalue weighted by Crippen LogP contribution is 2.34. The van der Waals surface area contributed by atoms with Gasteiger partial charge in [-0.15, -0.1) is 0 Å². The summed E-state index contributed by atoms with van der Waals surface area (Å²) in [4.78, 5) is 12.9. The molecule has 2 saturated heterocycles. The molecule has 1 N–H and O–H groups in total. The fraction of sp³-hybridized carbons (Fsp3) is 0.571. The smallest absolute Gasteiger partial charge is 0.275 e. The zero-order chi connectivity index (χ0) is 14.1. The number of nitrogens with one attached hydrogen (secondary N) is 1. The Bertz CT molecular complexity index is 508. The number of rotatable bonds is 4. The molecule has 3 rings (SSSR count). The summed E-state index contributed by atoms with van der Waals surface area (Å²) < 4.78 is 5.45. The lowest BCUT2D eigenvalue weighted by atomic mass is 10.0. The molecule has 0 aromatic heterocycles. The number of nitro benzene ring substituents is 1. The Morgan fingerprint density at radius 1 is 1.35 bits per heavy atom. The van der Waals surface area contributed by atoms with Crippen molar-refractivity contribution in [1.29, 1.82) is 0 Å². The maximum atomic E-state index is 11.0. The van der Waals surface area contributed by atoms with E-state index in [1.165, 1.54) is 6.07 Å². The van der Waals surface area contributed by atoms with E-state index in [4.69, 9.17) is 4.74 Å². The molecule has 6 heteroatoms. The van der Waals surface area contributed by atoms with Crippen molar-refractivity contribution in [3.63, 3.8) is 0 Å². The second-order valence-corrected chi connectivity index (χ2v) is 5.46. The van der Waals surface area contributed by atoms with Gasteiger partial charge in [-0.05, 0) is 18.8 Å². The van der Waals surface area contributed by atoms with Gasteiger partial charge in [-0.3, -0.25) is 10.1 Å². The molecule has 2 atom stereocenters. The number of benzene rings is 1. The molecule has 2 aliphatic heterocycles. The van der Waals surface area contributed by atoms with Crippen LogP contribution in [0.15, 0.2) is 18.2 Å². The van der Waals surface area contributed by atoms with E-state index in [9.17, 15) is 10.1 Å². The molecule has 0 unspecified atom stereocenters. The molecule has 6 nitrogen and oxygen atoms in total. The van der Waals surface area contributed by atoms with Crippen molar-refractivity contribution in [2.24, 2.45) is 11.8 Å². The average Bonchev–Trinajstić information content (AvgIpc) is 2.99. The highest BCUT2D eigenvalue weighted by atomic mass is 16.6. The van der Waals surface area contributed by atoms with E-state index < -0.39 is 0 Å². The van der Waals surface area contributed by atoms with Crippen molar-refractivity contribution in [3.8, 4) is 5.75 Å². The number of fused-ring (bicyclic) bond motifs is 1. The molecule has 0 bridgehead atoms. The Hall–Kier alpha value is -1.82. The van der Waals surface area contributed by atoms with Gasteiger partial charge in [-0.1, -0.05) is 0 Å². The third-order valence-electron chi connectivity index (χ3n) is 4.15. The molecule has 0 saturated carbocycles. The van der Waals surface area contributed by atoms with Gasteiger partial charge in [0.25, 0.3) is 5.69 Å². The molecule has 20 heavy (non-hydrogen) atoms. The molecule has 2 fully saturated rings. The molecule has 0 aliphatic carbocycles. The number of hydrogen-bond acceptors (Lipinski definition) is 5. The van der Waals surface area contributed by atoms with Crippen LogP contribution in [-0.2, 0) is 0 Å². The van der Waals surface area contributed by atoms with Gasteiger partial charge in [0, 0.05) is 44.0 Å². The second-order valence-electron chi connectivity index (χ2n) is 5.46. The van der Waals surface area contributed by atoms with Gasteiger partial charge >= 0.3 is 0 Å². The summed E-state index contributed by atoms with van der Waals surface area (Å²) in [5, 5.41) is 14.4. The molecule has 0 radical (unpaired) electrons. The van der Waals surface area contributed by atoms with Crippen LogP contribution in [0.1, 0.15) is 6.92 Å². The lowest BCUT2D eigenvalue weighted by Gasteiger charge is -2.20. The average molecular weight is 277 g/mol. The lowest BCUT2D eigenvalue weighted by molar-refractivity contribution is -0.384. The van der Waals surface area contributed by atoms with Crippen LogP contribution in [0.4, 0.5) is 11.4 Å². The predicted molar refractivity (Wildman–Crippen MR) is 76.3 cm³/mol. The van der Waals surface area contributed by atoms with Gasteiger partial charge in [0.2, 0.25) is 0 Å². The molecule has 1 aromatic carbocycles. The second kappa shape index (κ2) is 5.28. The van der Waals surface area contributed by atoms with Crippen molar-refractivity contribution in [2.75, 3.05) is 37.7 Å². The van der Waals surface area contributed by atoms with Crippen LogP contribution >= 0.6 is 0 Å². The van der Waals surface area contributed by atoms with Gasteiger partial charge in [0.05, 0.1) is 17.6 Å². The van der Waals surface area contributed by atoms with E-state index in [2.05, 4.69) is 10.2 Å². The number of anilines is 1. The number of ether oxygens (including phenoxy) is 1. The quantitative estimate of drug-likeness (QED) is 0.669. The van der Waals surface area contributed by atoms with E-state index in [-0.39, 0.29) is 10.6 Å². The number of nitro groups is 1. The topological polar surface area (TPSA) is 67.6 Å². The largest absolute Gasteiger partial charge is 0.494 e. The van der Waals surface area contributed by atoms with Crippen LogP contribution in [0.5, 0.6) is 5.75 Å². The van der Waals surface area contributed by atoms with Crippen LogP contribution < -0.4 is 15.0 Å². The molecular formula is C14H19N3O3. The Kier molecular flexibility index (Phi) is 3.48.